The second kappa shape index (κ2) is 7.74. The van der Waals surface area contributed by atoms with E-state index in [-0.39, 0.29) is 18.2 Å². The smallest absolute Gasteiger partial charge is 0.319 e. The van der Waals surface area contributed by atoms with E-state index < -0.39 is 11.6 Å². The summed E-state index contributed by atoms with van der Waals surface area (Å²) in [4.78, 5) is 39.4. The van der Waals surface area contributed by atoms with Gasteiger partial charge in [-0.05, 0) is 24.0 Å². The average molecular weight is 364 g/mol. The highest BCUT2D eigenvalue weighted by atomic mass is 16.2. The molecular weight excluding hydrogens is 340 g/mol. The van der Waals surface area contributed by atoms with Crippen LogP contribution in [0.4, 0.5) is 4.79 Å². The van der Waals surface area contributed by atoms with Crippen LogP contribution in [-0.4, -0.2) is 29.2 Å². The average Bonchev–Trinajstić information content (AvgIpc) is 2.94. The van der Waals surface area contributed by atoms with Gasteiger partial charge in [0.05, 0.1) is 6.54 Å². The zero-order chi connectivity index (χ0) is 19.4. The SMILES string of the molecule is CCC[C@@]1(c2ccccc2)NC(=O)N(CC(=O)c2ccc(CC)cc2)C1=O. The maximum atomic E-state index is 13.2. The third kappa shape index (κ3) is 3.50. The molecule has 0 aromatic heterocycles. The van der Waals surface area contributed by atoms with Crippen LogP contribution < -0.4 is 5.32 Å². The number of benzene rings is 2. The maximum Gasteiger partial charge on any atom is 0.325 e. The van der Waals surface area contributed by atoms with Gasteiger partial charge in [-0.3, -0.25) is 14.5 Å². The summed E-state index contributed by atoms with van der Waals surface area (Å²) in [6.07, 6.45) is 2.09. The summed E-state index contributed by atoms with van der Waals surface area (Å²) in [5.41, 5.74) is 1.28. The minimum Gasteiger partial charge on any atom is -0.319 e. The molecule has 1 atom stereocenters. The predicted octanol–water partition coefficient (Wildman–Crippen LogP) is 3.68. The fourth-order valence-corrected chi connectivity index (χ4v) is 3.54. The zero-order valence-corrected chi connectivity index (χ0v) is 15.7. The van der Waals surface area contributed by atoms with E-state index in [2.05, 4.69) is 5.32 Å². The Morgan fingerprint density at radius 2 is 1.67 bits per heavy atom. The number of nitrogens with one attached hydrogen (secondary N) is 1. The van der Waals surface area contributed by atoms with Crippen LogP contribution in [0.25, 0.3) is 0 Å². The summed E-state index contributed by atoms with van der Waals surface area (Å²) in [5, 5.41) is 2.84. The van der Waals surface area contributed by atoms with Crippen molar-refractivity contribution in [2.75, 3.05) is 6.54 Å². The Kier molecular flexibility index (Phi) is 5.40. The second-order valence-electron chi connectivity index (χ2n) is 6.82. The van der Waals surface area contributed by atoms with E-state index in [0.717, 1.165) is 28.9 Å². The number of aryl methyl sites for hydroxylation is 1. The molecule has 0 radical (unpaired) electrons. The van der Waals surface area contributed by atoms with Gasteiger partial charge in [-0.1, -0.05) is 74.9 Å². The normalized spacial score (nSPS) is 19.3. The van der Waals surface area contributed by atoms with Crippen molar-refractivity contribution >= 4 is 17.7 Å². The largest absolute Gasteiger partial charge is 0.325 e. The van der Waals surface area contributed by atoms with Crippen LogP contribution in [0.2, 0.25) is 0 Å². The molecule has 0 unspecified atom stereocenters. The highest BCUT2D eigenvalue weighted by Crippen LogP contribution is 2.33. The molecule has 5 heteroatoms. The van der Waals surface area contributed by atoms with Crippen LogP contribution in [0.5, 0.6) is 0 Å². The third-order valence-electron chi connectivity index (χ3n) is 5.05. The van der Waals surface area contributed by atoms with E-state index in [1.807, 2.05) is 56.3 Å². The Bertz CT molecular complexity index is 846. The highest BCUT2D eigenvalue weighted by Gasteiger charge is 2.52. The number of ketones is 1. The van der Waals surface area contributed by atoms with E-state index >= 15 is 0 Å². The van der Waals surface area contributed by atoms with Crippen molar-refractivity contribution in [1.29, 1.82) is 0 Å². The first kappa shape index (κ1) is 18.8. The van der Waals surface area contributed by atoms with E-state index in [0.29, 0.717) is 12.0 Å². The second-order valence-corrected chi connectivity index (χ2v) is 6.82. The summed E-state index contributed by atoms with van der Waals surface area (Å²) in [7, 11) is 0. The molecule has 1 N–H and O–H groups in total. The molecule has 1 heterocycles. The van der Waals surface area contributed by atoms with Gasteiger partial charge in [-0.15, -0.1) is 0 Å². The maximum absolute atomic E-state index is 13.2. The Morgan fingerprint density at radius 3 is 2.26 bits per heavy atom. The van der Waals surface area contributed by atoms with E-state index in [1.165, 1.54) is 0 Å². The van der Waals surface area contributed by atoms with Crippen LogP contribution in [0.15, 0.2) is 54.6 Å². The summed E-state index contributed by atoms with van der Waals surface area (Å²) in [6, 6.07) is 16.0. The van der Waals surface area contributed by atoms with Crippen molar-refractivity contribution in [3.63, 3.8) is 0 Å². The lowest BCUT2D eigenvalue weighted by Gasteiger charge is -2.26. The van der Waals surface area contributed by atoms with Crippen molar-refractivity contribution in [2.45, 2.75) is 38.6 Å². The van der Waals surface area contributed by atoms with Crippen LogP contribution in [0.1, 0.15) is 48.2 Å². The summed E-state index contributed by atoms with van der Waals surface area (Å²) < 4.78 is 0. The molecule has 1 aliphatic heterocycles. The molecule has 0 saturated carbocycles. The van der Waals surface area contributed by atoms with Gasteiger partial charge < -0.3 is 5.32 Å². The molecule has 1 fully saturated rings. The summed E-state index contributed by atoms with van der Waals surface area (Å²) in [5.74, 6) is -0.611. The molecule has 0 bridgehead atoms. The summed E-state index contributed by atoms with van der Waals surface area (Å²) >= 11 is 0. The molecule has 2 aromatic carbocycles. The van der Waals surface area contributed by atoms with E-state index in [1.54, 1.807) is 12.1 Å². The summed E-state index contributed by atoms with van der Waals surface area (Å²) in [6.45, 7) is 3.75. The number of imide groups is 1. The fourth-order valence-electron chi connectivity index (χ4n) is 3.54. The predicted molar refractivity (Wildman–Crippen MR) is 103 cm³/mol. The van der Waals surface area contributed by atoms with Crippen molar-refractivity contribution < 1.29 is 14.4 Å². The first-order valence-corrected chi connectivity index (χ1v) is 9.33. The first-order chi connectivity index (χ1) is 13.0. The van der Waals surface area contributed by atoms with Gasteiger partial charge in [-0.25, -0.2) is 4.79 Å². The van der Waals surface area contributed by atoms with Crippen molar-refractivity contribution in [2.24, 2.45) is 0 Å². The lowest BCUT2D eigenvalue weighted by atomic mass is 9.85. The van der Waals surface area contributed by atoms with Crippen LogP contribution in [0.3, 0.4) is 0 Å². The van der Waals surface area contributed by atoms with Gasteiger partial charge in [-0.2, -0.15) is 0 Å². The zero-order valence-electron chi connectivity index (χ0n) is 15.7. The minimum absolute atomic E-state index is 0.249. The molecule has 3 rings (SSSR count). The van der Waals surface area contributed by atoms with Gasteiger partial charge in [0.2, 0.25) is 0 Å². The Balaban J connectivity index is 1.85. The Morgan fingerprint density at radius 1 is 1.00 bits per heavy atom. The number of carbonyl (C=O) groups excluding carboxylic acids is 3. The molecule has 5 nitrogen and oxygen atoms in total. The number of urea groups is 1. The Hall–Kier alpha value is -2.95. The minimum atomic E-state index is -1.10. The fraction of sp³-hybridized carbons (Fsp3) is 0.318. The number of carbonyl (C=O) groups is 3. The van der Waals surface area contributed by atoms with Gasteiger partial charge in [0.25, 0.3) is 5.91 Å². The molecule has 1 saturated heterocycles. The van der Waals surface area contributed by atoms with E-state index in [4.69, 9.17) is 0 Å². The molecule has 0 aliphatic carbocycles. The first-order valence-electron chi connectivity index (χ1n) is 9.33. The van der Waals surface area contributed by atoms with Crippen LogP contribution in [-0.2, 0) is 16.8 Å². The van der Waals surface area contributed by atoms with Gasteiger partial charge >= 0.3 is 6.03 Å². The molecular formula is C22H24N2O3. The number of amides is 3. The van der Waals surface area contributed by atoms with Crippen molar-refractivity contribution in [3.8, 4) is 0 Å². The lowest BCUT2D eigenvalue weighted by molar-refractivity contribution is -0.131. The number of Topliss-reactive ketones (excluding diaryl/α,β-unsaturated/α-hetero) is 1. The number of hydrogen-bond donors (Lipinski definition) is 1. The third-order valence-corrected chi connectivity index (χ3v) is 5.05. The lowest BCUT2D eigenvalue weighted by Crippen LogP contribution is -2.44. The number of rotatable bonds is 7. The molecule has 140 valence electrons. The topological polar surface area (TPSA) is 66.5 Å². The van der Waals surface area contributed by atoms with Gasteiger partial charge in [0.1, 0.15) is 5.54 Å². The monoisotopic (exact) mass is 364 g/mol. The van der Waals surface area contributed by atoms with Crippen molar-refractivity contribution in [3.05, 3.63) is 71.3 Å². The van der Waals surface area contributed by atoms with Crippen LogP contribution >= 0.6 is 0 Å². The van der Waals surface area contributed by atoms with Gasteiger partial charge in [0, 0.05) is 5.56 Å². The molecule has 3 amide bonds. The van der Waals surface area contributed by atoms with E-state index in [9.17, 15) is 14.4 Å². The molecule has 27 heavy (non-hydrogen) atoms. The van der Waals surface area contributed by atoms with Crippen LogP contribution in [0, 0.1) is 0 Å². The Labute approximate surface area is 159 Å². The van der Waals surface area contributed by atoms with Gasteiger partial charge in [0.15, 0.2) is 5.78 Å². The van der Waals surface area contributed by atoms with Crippen molar-refractivity contribution in [1.82, 2.24) is 10.2 Å². The number of nitrogens with zero attached hydrogens (tertiary/aromatic N) is 1. The standard InChI is InChI=1S/C22H24N2O3/c1-3-14-22(18-8-6-5-7-9-18)20(26)24(21(27)23-22)15-19(25)17-12-10-16(4-2)11-13-17/h5-13H,3-4,14-15H2,1-2H3,(H,23,27)/t22-/m0/s1. The molecule has 1 aliphatic rings. The highest BCUT2D eigenvalue weighted by molar-refractivity contribution is 6.11. The molecule has 0 spiro atoms. The molecule has 2 aromatic rings. The number of hydrogen-bond acceptors (Lipinski definition) is 3. The quantitative estimate of drug-likeness (QED) is 0.602.